The topological polar surface area (TPSA) is 0 Å². The van der Waals surface area contributed by atoms with Crippen molar-refractivity contribution in [3.05, 3.63) is 0 Å². The molecule has 0 saturated heterocycles. The van der Waals surface area contributed by atoms with E-state index in [0.29, 0.717) is 0 Å². The van der Waals surface area contributed by atoms with E-state index in [4.69, 9.17) is 0 Å². The van der Waals surface area contributed by atoms with Crippen molar-refractivity contribution in [2.75, 3.05) is 0 Å². The largest absolute Gasteiger partial charge is 0.0826 e. The molecule has 1 aliphatic carbocycles. The summed E-state index contributed by atoms with van der Waals surface area (Å²) in [5, 5.41) is 0. The molecule has 0 aliphatic heterocycles. The molecule has 0 aromatic rings. The van der Waals surface area contributed by atoms with Crippen LogP contribution in [0.25, 0.3) is 0 Å². The van der Waals surface area contributed by atoms with Crippen LogP contribution in [-0.2, 0) is 0 Å². The summed E-state index contributed by atoms with van der Waals surface area (Å²) in [5.74, 6) is 0. The van der Waals surface area contributed by atoms with Crippen LogP contribution < -0.4 is 0 Å². The lowest BCUT2D eigenvalue weighted by Crippen LogP contribution is -1.95. The van der Waals surface area contributed by atoms with Crippen LogP contribution in [0.3, 0.4) is 0 Å². The second-order valence-electron chi connectivity index (χ2n) is 2.70. The van der Waals surface area contributed by atoms with E-state index in [0.717, 1.165) is 7.85 Å². The maximum Gasteiger partial charge on any atom is 0.0110 e. The first-order valence-electron chi connectivity index (χ1n) is 3.57. The van der Waals surface area contributed by atoms with Crippen LogP contribution in [0.15, 0.2) is 0 Å². The lowest BCUT2D eigenvalue weighted by atomic mass is 10.2. The van der Waals surface area contributed by atoms with Crippen LogP contribution in [-0.4, -0.2) is 7.85 Å². The highest BCUT2D eigenvalue weighted by molar-refractivity contribution is 14.1. The molecule has 0 bridgehead atoms. The molecule has 0 aromatic carbocycles. The lowest BCUT2D eigenvalue weighted by molar-refractivity contribution is 0.734. The van der Waals surface area contributed by atoms with Gasteiger partial charge in [-0.3, -0.25) is 0 Å². The third kappa shape index (κ3) is 3.39. The number of rotatable bonds is 0. The van der Waals surface area contributed by atoms with E-state index in [1.54, 1.807) is 0 Å². The van der Waals surface area contributed by atoms with Gasteiger partial charge in [-0.2, -0.15) is 0 Å². The Hall–Kier alpha value is 1.46. The molecule has 1 aliphatic rings. The molecular weight excluding hydrogens is 338 g/mol. The molecule has 1 rings (SSSR count). The van der Waals surface area contributed by atoms with Crippen molar-refractivity contribution in [2.24, 2.45) is 0 Å². The molecule has 9 heavy (non-hydrogen) atoms. The minimum Gasteiger partial charge on any atom is -0.0826 e. The molecule has 1 saturated carbocycles. The fraction of sp³-hybridized carbons (Fsp3) is 1.00. The van der Waals surface area contributed by atoms with Crippen LogP contribution in [0.5, 0.6) is 0 Å². The maximum atomic E-state index is 2.59. The number of hydrogen-bond acceptors (Lipinski definition) is 0. The Morgan fingerprint density at radius 2 is 1.22 bits per heavy atom. The van der Waals surface area contributed by atoms with Gasteiger partial charge in [-0.1, -0.05) is 51.6 Å². The average molecular weight is 350 g/mol. The van der Waals surface area contributed by atoms with Crippen LogP contribution in [0.1, 0.15) is 32.1 Å². The third-order valence-electron chi connectivity index (χ3n) is 1.83. The van der Waals surface area contributed by atoms with Gasteiger partial charge in [-0.05, 0) is 25.7 Å². The number of alkyl halides is 2. The van der Waals surface area contributed by atoms with Crippen LogP contribution in [0.4, 0.5) is 0 Å². The highest BCUT2D eigenvalue weighted by Crippen LogP contribution is 2.27. The highest BCUT2D eigenvalue weighted by Gasteiger charge is 2.13. The second-order valence-corrected chi connectivity index (χ2v) is 6.23. The van der Waals surface area contributed by atoms with Gasteiger partial charge in [0.1, 0.15) is 0 Å². The van der Waals surface area contributed by atoms with Crippen LogP contribution in [0.2, 0.25) is 0 Å². The Balaban J connectivity index is 2.25. The van der Waals surface area contributed by atoms with Gasteiger partial charge in [0.25, 0.3) is 0 Å². The van der Waals surface area contributed by atoms with E-state index >= 15 is 0 Å². The standard InChI is InChI=1S/C7H12I2/c8-6-2-1-3-7(9)5-4-6/h6-7H,1-5H2. The molecule has 0 nitrogen and oxygen atoms in total. The summed E-state index contributed by atoms with van der Waals surface area (Å²) in [7, 11) is 0. The van der Waals surface area contributed by atoms with Gasteiger partial charge in [-0.15, -0.1) is 0 Å². The molecule has 0 heterocycles. The molecule has 0 spiro atoms. The smallest absolute Gasteiger partial charge is 0.0110 e. The van der Waals surface area contributed by atoms with Crippen molar-refractivity contribution in [3.8, 4) is 0 Å². The van der Waals surface area contributed by atoms with E-state index in [2.05, 4.69) is 45.2 Å². The first-order chi connectivity index (χ1) is 4.29. The minimum absolute atomic E-state index is 0.974. The Morgan fingerprint density at radius 3 is 1.67 bits per heavy atom. The summed E-state index contributed by atoms with van der Waals surface area (Å²) in [6, 6.07) is 0. The Labute approximate surface area is 84.4 Å². The van der Waals surface area contributed by atoms with E-state index in [9.17, 15) is 0 Å². The van der Waals surface area contributed by atoms with Gasteiger partial charge < -0.3 is 0 Å². The molecule has 2 unspecified atom stereocenters. The fourth-order valence-electron chi connectivity index (χ4n) is 1.21. The van der Waals surface area contributed by atoms with Crippen LogP contribution in [0, 0.1) is 0 Å². The summed E-state index contributed by atoms with van der Waals surface area (Å²) < 4.78 is 1.95. The monoisotopic (exact) mass is 350 g/mol. The summed E-state index contributed by atoms with van der Waals surface area (Å²) >= 11 is 5.18. The molecule has 0 radical (unpaired) electrons. The molecular formula is C7H12I2. The highest BCUT2D eigenvalue weighted by atomic mass is 127. The second kappa shape index (κ2) is 4.36. The van der Waals surface area contributed by atoms with Crippen molar-refractivity contribution in [2.45, 2.75) is 40.0 Å². The van der Waals surface area contributed by atoms with Gasteiger partial charge in [0, 0.05) is 7.85 Å². The Morgan fingerprint density at radius 1 is 0.778 bits per heavy atom. The fourth-order valence-corrected chi connectivity index (χ4v) is 2.81. The summed E-state index contributed by atoms with van der Waals surface area (Å²) in [6.45, 7) is 0. The van der Waals surface area contributed by atoms with Crippen molar-refractivity contribution in [1.82, 2.24) is 0 Å². The average Bonchev–Trinajstić information content (AvgIpc) is 1.97. The zero-order valence-corrected chi connectivity index (χ0v) is 9.76. The molecule has 2 atom stereocenters. The molecule has 2 heteroatoms. The minimum atomic E-state index is 0.974. The first kappa shape index (κ1) is 8.56. The van der Waals surface area contributed by atoms with E-state index in [1.165, 1.54) is 32.1 Å². The molecule has 0 aromatic heterocycles. The number of halogens is 2. The summed E-state index contributed by atoms with van der Waals surface area (Å²) in [4.78, 5) is 0. The molecule has 54 valence electrons. The molecule has 1 fully saturated rings. The van der Waals surface area contributed by atoms with Crippen molar-refractivity contribution < 1.29 is 0 Å². The predicted octanol–water partition coefficient (Wildman–Crippen LogP) is 3.56. The summed E-state index contributed by atoms with van der Waals surface area (Å²) in [6.07, 6.45) is 7.28. The van der Waals surface area contributed by atoms with Gasteiger partial charge in [0.15, 0.2) is 0 Å². The maximum absolute atomic E-state index is 2.59. The SMILES string of the molecule is IC1CCCC(I)CC1. The molecule has 0 amide bonds. The summed E-state index contributed by atoms with van der Waals surface area (Å²) in [5.41, 5.74) is 0. The lowest BCUT2D eigenvalue weighted by Gasteiger charge is -2.02. The van der Waals surface area contributed by atoms with E-state index < -0.39 is 0 Å². The number of hydrogen-bond donors (Lipinski definition) is 0. The normalized spacial score (nSPS) is 38.0. The van der Waals surface area contributed by atoms with Gasteiger partial charge >= 0.3 is 0 Å². The van der Waals surface area contributed by atoms with Crippen molar-refractivity contribution in [3.63, 3.8) is 0 Å². The Bertz CT molecular complexity index is 73.0. The zero-order chi connectivity index (χ0) is 6.69. The van der Waals surface area contributed by atoms with Gasteiger partial charge in [0.2, 0.25) is 0 Å². The first-order valence-corrected chi connectivity index (χ1v) is 6.06. The Kier molecular flexibility index (Phi) is 4.15. The predicted molar refractivity (Wildman–Crippen MR) is 58.7 cm³/mol. The van der Waals surface area contributed by atoms with Crippen molar-refractivity contribution >= 4 is 45.2 Å². The van der Waals surface area contributed by atoms with E-state index in [-0.39, 0.29) is 0 Å². The third-order valence-corrected chi connectivity index (χ3v) is 4.32. The van der Waals surface area contributed by atoms with Gasteiger partial charge in [-0.25, -0.2) is 0 Å². The van der Waals surface area contributed by atoms with E-state index in [1.807, 2.05) is 0 Å². The van der Waals surface area contributed by atoms with Gasteiger partial charge in [0.05, 0.1) is 0 Å². The zero-order valence-electron chi connectivity index (χ0n) is 5.45. The molecule has 0 N–H and O–H groups in total. The van der Waals surface area contributed by atoms with Crippen LogP contribution >= 0.6 is 45.2 Å². The quantitative estimate of drug-likeness (QED) is 0.356. The van der Waals surface area contributed by atoms with Crippen molar-refractivity contribution in [1.29, 1.82) is 0 Å².